The molecular formula is C26H30N4O5. The fourth-order valence-corrected chi connectivity index (χ4v) is 4.11. The molecule has 9 nitrogen and oxygen atoms in total. The zero-order chi connectivity index (χ0) is 24.8. The monoisotopic (exact) mass is 478 g/mol. The van der Waals surface area contributed by atoms with E-state index in [1.807, 2.05) is 36.5 Å². The lowest BCUT2D eigenvalue weighted by Crippen LogP contribution is -2.43. The average Bonchev–Trinajstić information content (AvgIpc) is 3.40. The van der Waals surface area contributed by atoms with Crippen molar-refractivity contribution in [2.24, 2.45) is 5.92 Å². The second kappa shape index (κ2) is 10.9. The van der Waals surface area contributed by atoms with Gasteiger partial charge in [-0.2, -0.15) is 5.10 Å². The number of benzene rings is 2. The Balaban J connectivity index is 1.28. The topological polar surface area (TPSA) is 94.9 Å². The normalized spacial score (nSPS) is 13.9. The van der Waals surface area contributed by atoms with Crippen LogP contribution in [0.15, 0.2) is 54.7 Å². The number of methoxy groups -OCH3 is 3. The molecule has 9 heteroatoms. The summed E-state index contributed by atoms with van der Waals surface area (Å²) < 4.78 is 17.5. The van der Waals surface area contributed by atoms with Crippen LogP contribution < -0.4 is 19.5 Å². The van der Waals surface area contributed by atoms with Crippen LogP contribution in [0.25, 0.3) is 5.69 Å². The van der Waals surface area contributed by atoms with Gasteiger partial charge in [-0.1, -0.05) is 0 Å². The van der Waals surface area contributed by atoms with Gasteiger partial charge in [0.2, 0.25) is 5.91 Å². The van der Waals surface area contributed by atoms with Gasteiger partial charge in [-0.05, 0) is 55.3 Å². The van der Waals surface area contributed by atoms with Gasteiger partial charge in [0.15, 0.2) is 0 Å². The van der Waals surface area contributed by atoms with E-state index < -0.39 is 0 Å². The Morgan fingerprint density at radius 1 is 0.914 bits per heavy atom. The zero-order valence-electron chi connectivity index (χ0n) is 20.2. The second-order valence-corrected chi connectivity index (χ2v) is 8.34. The van der Waals surface area contributed by atoms with E-state index in [0.29, 0.717) is 49.5 Å². The van der Waals surface area contributed by atoms with Crippen molar-refractivity contribution < 1.29 is 23.8 Å². The van der Waals surface area contributed by atoms with E-state index in [4.69, 9.17) is 14.2 Å². The molecule has 0 saturated carbocycles. The fraction of sp³-hybridized carbons (Fsp3) is 0.346. The molecule has 1 N–H and O–H groups in total. The maximum Gasteiger partial charge on any atom is 0.254 e. The van der Waals surface area contributed by atoms with Gasteiger partial charge in [-0.3, -0.25) is 9.59 Å². The molecule has 35 heavy (non-hydrogen) atoms. The molecule has 2 heterocycles. The number of amides is 2. The van der Waals surface area contributed by atoms with E-state index in [9.17, 15) is 9.59 Å². The van der Waals surface area contributed by atoms with Crippen molar-refractivity contribution in [2.45, 2.75) is 19.4 Å². The molecule has 1 aliphatic heterocycles. The average molecular weight is 479 g/mol. The summed E-state index contributed by atoms with van der Waals surface area (Å²) in [5.41, 5.74) is 2.19. The van der Waals surface area contributed by atoms with Crippen molar-refractivity contribution in [1.29, 1.82) is 0 Å². The minimum Gasteiger partial charge on any atom is -0.497 e. The van der Waals surface area contributed by atoms with Gasteiger partial charge in [-0.25, -0.2) is 4.68 Å². The Morgan fingerprint density at radius 3 is 2.14 bits per heavy atom. The van der Waals surface area contributed by atoms with Gasteiger partial charge >= 0.3 is 0 Å². The Kier molecular flexibility index (Phi) is 7.54. The summed E-state index contributed by atoms with van der Waals surface area (Å²) in [7, 11) is 4.73. The van der Waals surface area contributed by atoms with Crippen LogP contribution >= 0.6 is 0 Å². The third-order valence-electron chi connectivity index (χ3n) is 6.18. The lowest BCUT2D eigenvalue weighted by atomic mass is 9.95. The maximum absolute atomic E-state index is 13.0. The van der Waals surface area contributed by atoms with Crippen LogP contribution in [0.2, 0.25) is 0 Å². The number of piperidine rings is 1. The number of rotatable bonds is 8. The number of ether oxygens (including phenoxy) is 3. The molecule has 1 aliphatic rings. The lowest BCUT2D eigenvalue weighted by Gasteiger charge is -2.31. The highest BCUT2D eigenvalue weighted by molar-refractivity contribution is 5.95. The van der Waals surface area contributed by atoms with E-state index in [2.05, 4.69) is 10.4 Å². The minimum atomic E-state index is -0.137. The number of carbonyl (C=O) groups excluding carboxylic acids is 2. The van der Waals surface area contributed by atoms with E-state index in [1.54, 1.807) is 49.1 Å². The molecule has 0 aliphatic carbocycles. The first-order valence-electron chi connectivity index (χ1n) is 11.5. The molecule has 1 saturated heterocycles. The van der Waals surface area contributed by atoms with Gasteiger partial charge < -0.3 is 24.4 Å². The summed E-state index contributed by atoms with van der Waals surface area (Å²) in [4.78, 5) is 27.5. The third-order valence-corrected chi connectivity index (χ3v) is 6.18. The van der Waals surface area contributed by atoms with Crippen LogP contribution in [0.1, 0.15) is 28.9 Å². The standard InChI is InChI=1S/C26H30N4O5/c1-33-22-6-4-21(5-7-22)30-13-10-20(28-30)17-27-25(31)18-8-11-29(12-9-18)26(32)19-14-23(34-2)16-24(15-19)35-3/h4-7,10,13-16,18H,8-9,11-12,17H2,1-3H3,(H,27,31). The van der Waals surface area contributed by atoms with E-state index in [-0.39, 0.29) is 17.7 Å². The van der Waals surface area contributed by atoms with Gasteiger partial charge in [0.1, 0.15) is 17.2 Å². The second-order valence-electron chi connectivity index (χ2n) is 8.34. The quantitative estimate of drug-likeness (QED) is 0.535. The lowest BCUT2D eigenvalue weighted by molar-refractivity contribution is -0.126. The number of hydrogen-bond donors (Lipinski definition) is 1. The molecule has 0 radical (unpaired) electrons. The molecule has 3 aromatic rings. The minimum absolute atomic E-state index is 0.0147. The van der Waals surface area contributed by atoms with E-state index >= 15 is 0 Å². The highest BCUT2D eigenvalue weighted by Crippen LogP contribution is 2.25. The molecule has 4 rings (SSSR count). The number of likely N-dealkylation sites (tertiary alicyclic amines) is 1. The number of carbonyl (C=O) groups is 2. The van der Waals surface area contributed by atoms with Crippen molar-refractivity contribution >= 4 is 11.8 Å². The van der Waals surface area contributed by atoms with Crippen LogP contribution in [0.4, 0.5) is 0 Å². The predicted octanol–water partition coefficient (Wildman–Crippen LogP) is 3.07. The summed E-state index contributed by atoms with van der Waals surface area (Å²) in [5, 5.41) is 7.52. The molecule has 2 aromatic carbocycles. The Bertz CT molecular complexity index is 1140. The maximum atomic E-state index is 13.0. The number of hydrogen-bond acceptors (Lipinski definition) is 6. The summed E-state index contributed by atoms with van der Waals surface area (Å²) in [6.45, 7) is 1.38. The third kappa shape index (κ3) is 5.74. The largest absolute Gasteiger partial charge is 0.497 e. The van der Waals surface area contributed by atoms with Crippen molar-refractivity contribution in [1.82, 2.24) is 20.0 Å². The first-order valence-corrected chi connectivity index (χ1v) is 11.5. The SMILES string of the molecule is COc1ccc(-n2ccc(CNC(=O)C3CCN(C(=O)c4cc(OC)cc(OC)c4)CC3)n2)cc1. The summed E-state index contributed by atoms with van der Waals surface area (Å²) in [6.07, 6.45) is 3.08. The van der Waals surface area contributed by atoms with E-state index in [0.717, 1.165) is 17.1 Å². The highest BCUT2D eigenvalue weighted by Gasteiger charge is 2.28. The van der Waals surface area contributed by atoms with Crippen molar-refractivity contribution in [3.63, 3.8) is 0 Å². The molecule has 184 valence electrons. The van der Waals surface area contributed by atoms with Crippen LogP contribution in [-0.2, 0) is 11.3 Å². The molecule has 0 atom stereocenters. The van der Waals surface area contributed by atoms with Crippen molar-refractivity contribution in [3.05, 3.63) is 66.0 Å². The predicted molar refractivity (Wildman–Crippen MR) is 130 cm³/mol. The Hall–Kier alpha value is -4.01. The van der Waals surface area contributed by atoms with Gasteiger partial charge in [-0.15, -0.1) is 0 Å². The molecule has 0 spiro atoms. The number of nitrogens with zero attached hydrogens (tertiary/aromatic N) is 3. The van der Waals surface area contributed by atoms with Crippen LogP contribution in [0.3, 0.4) is 0 Å². The molecule has 0 bridgehead atoms. The van der Waals surface area contributed by atoms with Crippen LogP contribution in [0, 0.1) is 5.92 Å². The zero-order valence-corrected chi connectivity index (χ0v) is 20.2. The van der Waals surface area contributed by atoms with Crippen molar-refractivity contribution in [3.8, 4) is 22.9 Å². The molecule has 2 amide bonds. The number of aromatic nitrogens is 2. The van der Waals surface area contributed by atoms with E-state index in [1.165, 1.54) is 0 Å². The molecular weight excluding hydrogens is 448 g/mol. The Morgan fingerprint density at radius 2 is 1.54 bits per heavy atom. The first kappa shape index (κ1) is 24.1. The Labute approximate surface area is 204 Å². The number of nitrogens with one attached hydrogen (secondary N) is 1. The highest BCUT2D eigenvalue weighted by atomic mass is 16.5. The van der Waals surface area contributed by atoms with Crippen LogP contribution in [0.5, 0.6) is 17.2 Å². The van der Waals surface area contributed by atoms with Gasteiger partial charge in [0.25, 0.3) is 5.91 Å². The summed E-state index contributed by atoms with van der Waals surface area (Å²) in [5.74, 6) is 1.67. The fourth-order valence-electron chi connectivity index (χ4n) is 4.11. The molecule has 1 fully saturated rings. The molecule has 0 unspecified atom stereocenters. The summed E-state index contributed by atoms with van der Waals surface area (Å²) in [6, 6.07) is 14.6. The smallest absolute Gasteiger partial charge is 0.254 e. The molecule has 1 aromatic heterocycles. The van der Waals surface area contributed by atoms with Crippen molar-refractivity contribution in [2.75, 3.05) is 34.4 Å². The first-order chi connectivity index (χ1) is 17.0. The summed E-state index contributed by atoms with van der Waals surface area (Å²) >= 11 is 0. The van der Waals surface area contributed by atoms with Gasteiger partial charge in [0, 0.05) is 36.8 Å². The van der Waals surface area contributed by atoms with Crippen LogP contribution in [-0.4, -0.2) is 60.9 Å². The van der Waals surface area contributed by atoms with Gasteiger partial charge in [0.05, 0.1) is 39.3 Å².